The summed E-state index contributed by atoms with van der Waals surface area (Å²) in [7, 11) is 1.88. The first-order chi connectivity index (χ1) is 9.24. The number of aromatic nitrogens is 5. The smallest absolute Gasteiger partial charge is 0.0846 e. The lowest BCUT2D eigenvalue weighted by atomic mass is 10.1. The normalized spacial score (nSPS) is 12.8. The van der Waals surface area contributed by atoms with Gasteiger partial charge in [0.1, 0.15) is 0 Å². The highest BCUT2D eigenvalue weighted by Gasteiger charge is 2.19. The monoisotopic (exact) mass is 280 g/mol. The molecular weight excluding hydrogens is 260 g/mol. The van der Waals surface area contributed by atoms with Crippen LogP contribution in [0.2, 0.25) is 0 Å². The van der Waals surface area contributed by atoms with Gasteiger partial charge < -0.3 is 5.32 Å². The van der Waals surface area contributed by atoms with Crippen molar-refractivity contribution in [3.63, 3.8) is 0 Å². The van der Waals surface area contributed by atoms with Crippen LogP contribution >= 0.6 is 11.5 Å². The average Bonchev–Trinajstić information content (AvgIpc) is 2.99. The summed E-state index contributed by atoms with van der Waals surface area (Å²) in [5.41, 5.74) is 2.10. The zero-order chi connectivity index (χ0) is 13.7. The van der Waals surface area contributed by atoms with Gasteiger partial charge in [0.25, 0.3) is 0 Å². The molecule has 6 nitrogen and oxygen atoms in total. The van der Waals surface area contributed by atoms with Crippen molar-refractivity contribution in [3.05, 3.63) is 22.5 Å². The predicted octanol–water partition coefficient (Wildman–Crippen LogP) is 1.51. The Hall–Kier alpha value is -1.34. The molecule has 1 unspecified atom stereocenters. The number of nitrogens with zero attached hydrogens (tertiary/aromatic N) is 5. The first-order valence-electron chi connectivity index (χ1n) is 6.64. The molecule has 19 heavy (non-hydrogen) atoms. The topological polar surface area (TPSA) is 68.5 Å². The van der Waals surface area contributed by atoms with E-state index in [9.17, 15) is 0 Å². The molecule has 104 valence electrons. The lowest BCUT2D eigenvalue weighted by Crippen LogP contribution is -2.23. The summed E-state index contributed by atoms with van der Waals surface area (Å²) >= 11 is 1.48. The van der Waals surface area contributed by atoms with Crippen LogP contribution in [0.1, 0.15) is 42.6 Å². The van der Waals surface area contributed by atoms with Gasteiger partial charge in [-0.25, -0.2) is 0 Å². The standard InChI is InChI=1S/C12H20N6S/c1-4-6-10-12(19-17-15-10)11(13-5-2)7-9-8-18(3)16-14-9/h8,11,13H,4-7H2,1-3H3. The Balaban J connectivity index is 2.16. The number of likely N-dealkylation sites (N-methyl/N-ethyl adjacent to an activating group) is 1. The fourth-order valence-corrected chi connectivity index (χ4v) is 2.86. The lowest BCUT2D eigenvalue weighted by molar-refractivity contribution is 0.545. The van der Waals surface area contributed by atoms with Crippen molar-refractivity contribution in [2.24, 2.45) is 7.05 Å². The second kappa shape index (κ2) is 6.72. The van der Waals surface area contributed by atoms with Crippen molar-refractivity contribution < 1.29 is 0 Å². The van der Waals surface area contributed by atoms with Crippen LogP contribution in [0.5, 0.6) is 0 Å². The van der Waals surface area contributed by atoms with Crippen molar-refractivity contribution in [2.75, 3.05) is 6.54 Å². The SMILES string of the molecule is CCCc1nnsc1C(Cc1cn(C)nn1)NCC. The zero-order valence-corrected chi connectivity index (χ0v) is 12.4. The van der Waals surface area contributed by atoms with Gasteiger partial charge in [-0.15, -0.1) is 10.2 Å². The first kappa shape index (κ1) is 14.1. The Bertz CT molecular complexity index is 506. The van der Waals surface area contributed by atoms with Crippen molar-refractivity contribution in [2.45, 2.75) is 39.2 Å². The summed E-state index contributed by atoms with van der Waals surface area (Å²) in [6.45, 7) is 5.18. The van der Waals surface area contributed by atoms with Gasteiger partial charge in [0, 0.05) is 19.7 Å². The molecule has 0 bridgehead atoms. The third-order valence-electron chi connectivity index (χ3n) is 2.90. The van der Waals surface area contributed by atoms with Crippen LogP contribution in [0.3, 0.4) is 0 Å². The summed E-state index contributed by atoms with van der Waals surface area (Å²) in [4.78, 5) is 1.23. The van der Waals surface area contributed by atoms with Gasteiger partial charge in [-0.3, -0.25) is 4.68 Å². The van der Waals surface area contributed by atoms with Gasteiger partial charge in [0.05, 0.1) is 22.3 Å². The van der Waals surface area contributed by atoms with E-state index in [1.807, 2.05) is 13.2 Å². The molecule has 0 saturated carbocycles. The number of hydrogen-bond donors (Lipinski definition) is 1. The third kappa shape index (κ3) is 3.57. The van der Waals surface area contributed by atoms with Crippen LogP contribution in [0, 0.1) is 0 Å². The molecule has 0 aromatic carbocycles. The molecule has 1 N–H and O–H groups in total. The molecule has 0 aliphatic rings. The minimum absolute atomic E-state index is 0.225. The Morgan fingerprint density at radius 3 is 2.84 bits per heavy atom. The van der Waals surface area contributed by atoms with Crippen LogP contribution in [-0.2, 0) is 19.9 Å². The van der Waals surface area contributed by atoms with E-state index in [-0.39, 0.29) is 6.04 Å². The molecule has 7 heteroatoms. The molecule has 0 radical (unpaired) electrons. The highest BCUT2D eigenvalue weighted by atomic mass is 32.1. The van der Waals surface area contributed by atoms with Crippen LogP contribution in [0.15, 0.2) is 6.20 Å². The molecule has 0 spiro atoms. The third-order valence-corrected chi connectivity index (χ3v) is 3.78. The van der Waals surface area contributed by atoms with Crippen LogP contribution in [-0.4, -0.2) is 31.1 Å². The van der Waals surface area contributed by atoms with Gasteiger partial charge in [0.2, 0.25) is 0 Å². The lowest BCUT2D eigenvalue weighted by Gasteiger charge is -2.15. The van der Waals surface area contributed by atoms with E-state index in [2.05, 4.69) is 39.1 Å². The summed E-state index contributed by atoms with van der Waals surface area (Å²) in [6.07, 6.45) is 4.84. The van der Waals surface area contributed by atoms with E-state index >= 15 is 0 Å². The number of aryl methyl sites for hydroxylation is 2. The first-order valence-corrected chi connectivity index (χ1v) is 7.41. The summed E-state index contributed by atoms with van der Waals surface area (Å²) < 4.78 is 5.83. The molecule has 0 amide bonds. The molecular formula is C12H20N6S. The zero-order valence-electron chi connectivity index (χ0n) is 11.6. The maximum Gasteiger partial charge on any atom is 0.0846 e. The predicted molar refractivity (Wildman–Crippen MR) is 75.0 cm³/mol. The number of rotatable bonds is 7. The maximum absolute atomic E-state index is 4.24. The van der Waals surface area contributed by atoms with E-state index in [1.165, 1.54) is 16.4 Å². The second-order valence-electron chi connectivity index (χ2n) is 4.53. The molecule has 0 aliphatic carbocycles. The van der Waals surface area contributed by atoms with Crippen LogP contribution in [0.25, 0.3) is 0 Å². The summed E-state index contributed by atoms with van der Waals surface area (Å²) in [5, 5.41) is 15.9. The fourth-order valence-electron chi connectivity index (χ4n) is 2.09. The molecule has 0 aliphatic heterocycles. The van der Waals surface area contributed by atoms with Gasteiger partial charge in [-0.1, -0.05) is 30.0 Å². The average molecular weight is 280 g/mol. The van der Waals surface area contributed by atoms with Gasteiger partial charge in [0.15, 0.2) is 0 Å². The molecule has 1 atom stereocenters. The van der Waals surface area contributed by atoms with E-state index in [1.54, 1.807) is 4.68 Å². The van der Waals surface area contributed by atoms with Crippen molar-refractivity contribution in [1.29, 1.82) is 0 Å². The van der Waals surface area contributed by atoms with Gasteiger partial charge in [-0.2, -0.15) is 0 Å². The molecule has 0 fully saturated rings. The van der Waals surface area contributed by atoms with Crippen LogP contribution in [0.4, 0.5) is 0 Å². The molecule has 0 saturated heterocycles. The minimum Gasteiger partial charge on any atom is -0.309 e. The van der Waals surface area contributed by atoms with Gasteiger partial charge in [-0.05, 0) is 24.5 Å². The molecule has 2 aromatic heterocycles. The van der Waals surface area contributed by atoms with E-state index in [0.29, 0.717) is 0 Å². The van der Waals surface area contributed by atoms with Crippen molar-refractivity contribution in [1.82, 2.24) is 29.9 Å². The summed E-state index contributed by atoms with van der Waals surface area (Å²) in [5.74, 6) is 0. The van der Waals surface area contributed by atoms with Gasteiger partial charge >= 0.3 is 0 Å². The Morgan fingerprint density at radius 1 is 1.37 bits per heavy atom. The second-order valence-corrected chi connectivity index (χ2v) is 5.32. The number of nitrogens with one attached hydrogen (secondary N) is 1. The Kier molecular flexibility index (Phi) is 4.98. The molecule has 2 heterocycles. The van der Waals surface area contributed by atoms with E-state index in [4.69, 9.17) is 0 Å². The quantitative estimate of drug-likeness (QED) is 0.832. The molecule has 2 rings (SSSR count). The van der Waals surface area contributed by atoms with E-state index < -0.39 is 0 Å². The minimum atomic E-state index is 0.225. The van der Waals surface area contributed by atoms with Crippen molar-refractivity contribution in [3.8, 4) is 0 Å². The van der Waals surface area contributed by atoms with E-state index in [0.717, 1.165) is 37.2 Å². The Morgan fingerprint density at radius 2 is 2.21 bits per heavy atom. The Labute approximate surface area is 117 Å². The number of hydrogen-bond acceptors (Lipinski definition) is 6. The highest BCUT2D eigenvalue weighted by Crippen LogP contribution is 2.24. The largest absolute Gasteiger partial charge is 0.309 e. The highest BCUT2D eigenvalue weighted by molar-refractivity contribution is 7.05. The molecule has 2 aromatic rings. The maximum atomic E-state index is 4.24. The van der Waals surface area contributed by atoms with Crippen molar-refractivity contribution >= 4 is 11.5 Å². The fraction of sp³-hybridized carbons (Fsp3) is 0.667. The summed E-state index contributed by atoms with van der Waals surface area (Å²) in [6, 6.07) is 0.225. The van der Waals surface area contributed by atoms with Crippen LogP contribution < -0.4 is 5.32 Å².